The van der Waals surface area contributed by atoms with Crippen molar-refractivity contribution < 1.29 is 38.1 Å². The summed E-state index contributed by atoms with van der Waals surface area (Å²) in [5.41, 5.74) is 1.87. The average Bonchev–Trinajstić information content (AvgIpc) is 2.88. The minimum atomic E-state index is -1.18. The first kappa shape index (κ1) is 24.6. The van der Waals surface area contributed by atoms with Gasteiger partial charge in [0.05, 0.1) is 41.5 Å². The number of methoxy groups -OCH3 is 5. The smallest absolute Gasteiger partial charge is 0.329 e. The van der Waals surface area contributed by atoms with Gasteiger partial charge in [-0.05, 0) is 41.8 Å². The average molecular weight is 469 g/mol. The van der Waals surface area contributed by atoms with E-state index in [1.807, 2.05) is 6.07 Å². The third kappa shape index (κ3) is 4.68. The van der Waals surface area contributed by atoms with E-state index in [0.717, 1.165) is 5.56 Å². The van der Waals surface area contributed by atoms with Crippen LogP contribution in [0, 0.1) is 5.92 Å². The fraction of sp³-hybridized carbons (Fsp3) is 0.320. The lowest BCUT2D eigenvalue weighted by Crippen LogP contribution is -2.55. The predicted octanol–water partition coefficient (Wildman–Crippen LogP) is 2.65. The van der Waals surface area contributed by atoms with Crippen molar-refractivity contribution in [2.24, 2.45) is 5.92 Å². The SMILES string of the molecule is COC(=O)C1Cc2ccccc2N(C(=O)C=Cc2cc(OC)c(OC)c(OC)c2)C1C(=O)OC. The van der Waals surface area contributed by atoms with Gasteiger partial charge in [0.15, 0.2) is 11.5 Å². The molecule has 0 aliphatic carbocycles. The number of anilines is 1. The number of para-hydroxylation sites is 1. The van der Waals surface area contributed by atoms with Crippen molar-refractivity contribution in [3.63, 3.8) is 0 Å². The highest BCUT2D eigenvalue weighted by molar-refractivity contribution is 6.09. The van der Waals surface area contributed by atoms with Crippen LogP contribution in [0.2, 0.25) is 0 Å². The number of carbonyl (C=O) groups is 3. The fourth-order valence-electron chi connectivity index (χ4n) is 4.05. The topological polar surface area (TPSA) is 101 Å². The zero-order chi connectivity index (χ0) is 24.8. The number of benzene rings is 2. The molecule has 3 rings (SSSR count). The molecule has 0 spiro atoms. The summed E-state index contributed by atoms with van der Waals surface area (Å²) >= 11 is 0. The van der Waals surface area contributed by atoms with E-state index in [4.69, 9.17) is 23.7 Å². The number of ether oxygens (including phenoxy) is 5. The van der Waals surface area contributed by atoms with Gasteiger partial charge in [-0.1, -0.05) is 18.2 Å². The summed E-state index contributed by atoms with van der Waals surface area (Å²) in [6.45, 7) is 0. The Balaban J connectivity index is 2.05. The first-order valence-electron chi connectivity index (χ1n) is 10.4. The van der Waals surface area contributed by atoms with Crippen molar-refractivity contribution in [1.29, 1.82) is 0 Å². The lowest BCUT2D eigenvalue weighted by molar-refractivity contribution is -0.154. The minimum Gasteiger partial charge on any atom is -0.493 e. The molecule has 0 aromatic heterocycles. The highest BCUT2D eigenvalue weighted by atomic mass is 16.5. The third-order valence-electron chi connectivity index (χ3n) is 5.64. The number of rotatable bonds is 7. The van der Waals surface area contributed by atoms with Gasteiger partial charge in [0.2, 0.25) is 5.75 Å². The first-order valence-corrected chi connectivity index (χ1v) is 10.4. The van der Waals surface area contributed by atoms with Crippen LogP contribution < -0.4 is 19.1 Å². The Labute approximate surface area is 197 Å². The molecular weight excluding hydrogens is 442 g/mol. The molecule has 0 radical (unpaired) electrons. The van der Waals surface area contributed by atoms with E-state index in [1.165, 1.54) is 46.5 Å². The van der Waals surface area contributed by atoms with Gasteiger partial charge in [-0.15, -0.1) is 0 Å². The number of nitrogens with zero attached hydrogens (tertiary/aromatic N) is 1. The summed E-state index contributed by atoms with van der Waals surface area (Å²) in [6, 6.07) is 9.29. The number of hydrogen-bond donors (Lipinski definition) is 0. The van der Waals surface area contributed by atoms with Gasteiger partial charge in [-0.3, -0.25) is 14.5 Å². The molecule has 0 N–H and O–H groups in total. The normalized spacial score (nSPS) is 17.0. The molecule has 2 aromatic carbocycles. The summed E-state index contributed by atoms with van der Waals surface area (Å²) < 4.78 is 25.9. The summed E-state index contributed by atoms with van der Waals surface area (Å²) in [4.78, 5) is 40.0. The van der Waals surface area contributed by atoms with Crippen LogP contribution in [0.25, 0.3) is 6.08 Å². The third-order valence-corrected chi connectivity index (χ3v) is 5.64. The van der Waals surface area contributed by atoms with Gasteiger partial charge >= 0.3 is 11.9 Å². The van der Waals surface area contributed by atoms with Crippen LogP contribution in [0.4, 0.5) is 5.69 Å². The molecule has 1 amide bonds. The molecule has 180 valence electrons. The Hall–Kier alpha value is -4.01. The summed E-state index contributed by atoms with van der Waals surface area (Å²) in [7, 11) is 6.94. The van der Waals surface area contributed by atoms with Crippen molar-refractivity contribution in [2.75, 3.05) is 40.4 Å². The highest BCUT2D eigenvalue weighted by Gasteiger charge is 2.46. The Bertz CT molecular complexity index is 1080. The molecule has 9 heteroatoms. The maximum absolute atomic E-state index is 13.4. The second kappa shape index (κ2) is 10.7. The molecule has 1 heterocycles. The number of fused-ring (bicyclic) bond motifs is 1. The lowest BCUT2D eigenvalue weighted by Gasteiger charge is -2.38. The van der Waals surface area contributed by atoms with E-state index in [9.17, 15) is 14.4 Å². The second-order valence-electron chi connectivity index (χ2n) is 7.43. The van der Waals surface area contributed by atoms with Crippen LogP contribution in [0.3, 0.4) is 0 Å². The van der Waals surface area contributed by atoms with E-state index in [2.05, 4.69) is 0 Å². The molecule has 2 atom stereocenters. The van der Waals surface area contributed by atoms with E-state index < -0.39 is 29.8 Å². The van der Waals surface area contributed by atoms with E-state index in [0.29, 0.717) is 28.5 Å². The van der Waals surface area contributed by atoms with Gasteiger partial charge in [0, 0.05) is 11.8 Å². The van der Waals surface area contributed by atoms with Gasteiger partial charge in [0.25, 0.3) is 5.91 Å². The molecule has 0 fully saturated rings. The second-order valence-corrected chi connectivity index (χ2v) is 7.43. The number of esters is 2. The molecule has 0 bridgehead atoms. The molecule has 2 unspecified atom stereocenters. The summed E-state index contributed by atoms with van der Waals surface area (Å²) in [6.07, 6.45) is 3.11. The molecular formula is C25H27NO8. The Morgan fingerprint density at radius 1 is 0.882 bits per heavy atom. The summed E-state index contributed by atoms with van der Waals surface area (Å²) in [5.74, 6) is -1.46. The van der Waals surface area contributed by atoms with Crippen molar-refractivity contribution in [2.45, 2.75) is 12.5 Å². The van der Waals surface area contributed by atoms with Gasteiger partial charge < -0.3 is 23.7 Å². The van der Waals surface area contributed by atoms with Crippen LogP contribution in [-0.4, -0.2) is 59.4 Å². The van der Waals surface area contributed by atoms with Crippen molar-refractivity contribution in [3.8, 4) is 17.2 Å². The molecule has 1 aliphatic rings. The van der Waals surface area contributed by atoms with Gasteiger partial charge in [-0.2, -0.15) is 0 Å². The lowest BCUT2D eigenvalue weighted by atomic mass is 9.85. The molecule has 34 heavy (non-hydrogen) atoms. The Morgan fingerprint density at radius 3 is 2.06 bits per heavy atom. The molecule has 0 saturated heterocycles. The fourth-order valence-corrected chi connectivity index (χ4v) is 4.05. The van der Waals surface area contributed by atoms with Crippen LogP contribution in [-0.2, 0) is 30.3 Å². The maximum Gasteiger partial charge on any atom is 0.329 e. The van der Waals surface area contributed by atoms with Crippen molar-refractivity contribution in [1.82, 2.24) is 0 Å². The first-order chi connectivity index (χ1) is 16.4. The highest BCUT2D eigenvalue weighted by Crippen LogP contribution is 2.39. The van der Waals surface area contributed by atoms with Crippen LogP contribution in [0.15, 0.2) is 42.5 Å². The van der Waals surface area contributed by atoms with E-state index in [1.54, 1.807) is 36.4 Å². The maximum atomic E-state index is 13.4. The number of amides is 1. The largest absolute Gasteiger partial charge is 0.493 e. The van der Waals surface area contributed by atoms with E-state index in [-0.39, 0.29) is 6.42 Å². The summed E-state index contributed by atoms with van der Waals surface area (Å²) in [5, 5.41) is 0. The zero-order valence-electron chi connectivity index (χ0n) is 19.7. The molecule has 2 aromatic rings. The standard InChI is InChI=1S/C25H27NO8/c1-30-19-12-15(13-20(31-2)23(19)32-3)10-11-21(27)26-18-9-7-6-8-16(18)14-17(24(28)33-4)22(26)25(29)34-5/h6-13,17,22H,14H2,1-5H3. The minimum absolute atomic E-state index is 0.239. The Morgan fingerprint density at radius 2 is 1.50 bits per heavy atom. The number of carbonyl (C=O) groups excluding carboxylic acids is 3. The monoisotopic (exact) mass is 469 g/mol. The van der Waals surface area contributed by atoms with Crippen LogP contribution >= 0.6 is 0 Å². The quantitative estimate of drug-likeness (QED) is 0.451. The van der Waals surface area contributed by atoms with Crippen molar-refractivity contribution >= 4 is 29.6 Å². The van der Waals surface area contributed by atoms with E-state index >= 15 is 0 Å². The van der Waals surface area contributed by atoms with Crippen LogP contribution in [0.5, 0.6) is 17.2 Å². The van der Waals surface area contributed by atoms with Crippen molar-refractivity contribution in [3.05, 3.63) is 53.6 Å². The molecule has 1 aliphatic heterocycles. The molecule has 9 nitrogen and oxygen atoms in total. The molecule has 0 saturated carbocycles. The predicted molar refractivity (Wildman–Crippen MR) is 124 cm³/mol. The van der Waals surface area contributed by atoms with Crippen LogP contribution in [0.1, 0.15) is 11.1 Å². The van der Waals surface area contributed by atoms with Gasteiger partial charge in [0.1, 0.15) is 6.04 Å². The Kier molecular flexibility index (Phi) is 7.78. The van der Waals surface area contributed by atoms with Gasteiger partial charge in [-0.25, -0.2) is 4.79 Å². The zero-order valence-corrected chi connectivity index (χ0v) is 19.7. The number of hydrogen-bond acceptors (Lipinski definition) is 8.